The third-order valence-electron chi connectivity index (χ3n) is 1.09. The molecular formula is C8H7NZn. The van der Waals surface area contributed by atoms with Gasteiger partial charge in [0.25, 0.3) is 0 Å². The van der Waals surface area contributed by atoms with Gasteiger partial charge in [-0.2, -0.15) is 0 Å². The molecule has 46 valence electrons. The molecule has 0 aliphatic rings. The van der Waals surface area contributed by atoms with Crippen molar-refractivity contribution in [3.05, 3.63) is 30.3 Å². The number of para-hydroxylation sites is 1. The van der Waals surface area contributed by atoms with Gasteiger partial charge in [-0.3, -0.25) is 0 Å². The van der Waals surface area contributed by atoms with Crippen LogP contribution in [-0.2, 0) is 17.9 Å². The molecule has 0 aliphatic heterocycles. The molecule has 0 bridgehead atoms. The summed E-state index contributed by atoms with van der Waals surface area (Å²) in [5, 5.41) is 0. The summed E-state index contributed by atoms with van der Waals surface area (Å²) in [5.74, 6) is 0. The fraction of sp³-hybridized carbons (Fsp3) is 0. The van der Waals surface area contributed by atoms with E-state index in [-0.39, 0.29) is 0 Å². The summed E-state index contributed by atoms with van der Waals surface area (Å²) in [6.45, 7) is 0. The van der Waals surface area contributed by atoms with E-state index in [9.17, 15) is 0 Å². The van der Waals surface area contributed by atoms with Crippen LogP contribution in [0.15, 0.2) is 35.3 Å². The van der Waals surface area contributed by atoms with Crippen LogP contribution in [0.5, 0.6) is 0 Å². The Morgan fingerprint density at radius 1 is 1.20 bits per heavy atom. The molecule has 0 fully saturated rings. The van der Waals surface area contributed by atoms with Crippen molar-refractivity contribution in [1.29, 1.82) is 0 Å². The van der Waals surface area contributed by atoms with Gasteiger partial charge >= 0.3 is 69.7 Å². The van der Waals surface area contributed by atoms with Gasteiger partial charge in [0.2, 0.25) is 0 Å². The van der Waals surface area contributed by atoms with E-state index in [0.29, 0.717) is 0 Å². The molecule has 0 aliphatic carbocycles. The van der Waals surface area contributed by atoms with Crippen LogP contribution in [0.1, 0.15) is 0 Å². The van der Waals surface area contributed by atoms with Gasteiger partial charge in [0.1, 0.15) is 0 Å². The van der Waals surface area contributed by atoms with Crippen molar-refractivity contribution in [2.24, 2.45) is 4.99 Å². The molecule has 0 atom stereocenters. The summed E-state index contributed by atoms with van der Waals surface area (Å²) in [6.07, 6.45) is 1.84. The van der Waals surface area contributed by atoms with Gasteiger partial charge in [-0.25, -0.2) is 0 Å². The molecule has 0 saturated carbocycles. The maximum atomic E-state index is 4.18. The number of benzene rings is 1. The Morgan fingerprint density at radius 3 is 2.50 bits per heavy atom. The summed E-state index contributed by atoms with van der Waals surface area (Å²) >= 11 is 1.16. The second kappa shape index (κ2) is 4.24. The van der Waals surface area contributed by atoms with Gasteiger partial charge in [0.15, 0.2) is 0 Å². The Kier molecular flexibility index (Phi) is 3.17. The van der Waals surface area contributed by atoms with E-state index in [4.69, 9.17) is 0 Å². The second-order valence-corrected chi connectivity index (χ2v) is 2.84. The van der Waals surface area contributed by atoms with Gasteiger partial charge in [0, 0.05) is 0 Å². The first-order valence-electron chi connectivity index (χ1n) is 3.13. The van der Waals surface area contributed by atoms with E-state index in [0.717, 1.165) is 23.5 Å². The van der Waals surface area contributed by atoms with E-state index in [1.165, 1.54) is 0 Å². The van der Waals surface area contributed by atoms with Crippen LogP contribution < -0.4 is 0 Å². The van der Waals surface area contributed by atoms with Crippen molar-refractivity contribution < 1.29 is 17.9 Å². The molecule has 0 saturated heterocycles. The van der Waals surface area contributed by atoms with Crippen LogP contribution in [0.4, 0.5) is 5.69 Å². The Labute approximate surface area is 70.0 Å². The quantitative estimate of drug-likeness (QED) is 0.488. The van der Waals surface area contributed by atoms with Gasteiger partial charge in [-0.05, 0) is 0 Å². The van der Waals surface area contributed by atoms with E-state index < -0.39 is 0 Å². The number of nitrogens with zero attached hydrogens (tertiary/aromatic N) is 1. The van der Waals surface area contributed by atoms with E-state index in [1.807, 2.05) is 41.2 Å². The van der Waals surface area contributed by atoms with E-state index in [2.05, 4.69) is 4.99 Å². The maximum absolute atomic E-state index is 4.18. The SMILES string of the molecule is [Zn]=[CH]C=Nc1ccccc1. The van der Waals surface area contributed by atoms with Crippen molar-refractivity contribution in [3.63, 3.8) is 0 Å². The predicted octanol–water partition coefficient (Wildman–Crippen LogP) is 1.74. The molecule has 0 N–H and O–H groups in total. The van der Waals surface area contributed by atoms with Crippen LogP contribution in [0.2, 0.25) is 0 Å². The first-order chi connectivity index (χ1) is 4.93. The third kappa shape index (κ3) is 2.32. The topological polar surface area (TPSA) is 12.4 Å². The summed E-state index contributed by atoms with van der Waals surface area (Å²) in [4.78, 5) is 4.18. The van der Waals surface area contributed by atoms with E-state index in [1.54, 1.807) is 0 Å². The molecule has 0 radical (unpaired) electrons. The summed E-state index contributed by atoms with van der Waals surface area (Å²) in [6, 6.07) is 9.93. The van der Waals surface area contributed by atoms with Gasteiger partial charge in [0.05, 0.1) is 0 Å². The average Bonchev–Trinajstić information content (AvgIpc) is 2.03. The van der Waals surface area contributed by atoms with Crippen LogP contribution in [0.25, 0.3) is 0 Å². The molecule has 2 heteroatoms. The Hall–Kier alpha value is -0.617. The molecule has 0 unspecified atom stereocenters. The summed E-state index contributed by atoms with van der Waals surface area (Å²) in [7, 11) is 0. The van der Waals surface area contributed by atoms with Gasteiger partial charge < -0.3 is 0 Å². The molecule has 1 aromatic rings. The number of rotatable bonds is 2. The fourth-order valence-electron chi connectivity index (χ4n) is 0.653. The standard InChI is InChI=1S/C8H7N.Zn/c1-2-9-8-6-4-3-5-7-8;/h1-7H;. The molecule has 1 nitrogen and oxygen atoms in total. The first kappa shape index (κ1) is 7.49. The zero-order chi connectivity index (χ0) is 7.23. The van der Waals surface area contributed by atoms with Crippen molar-refractivity contribution in [1.82, 2.24) is 0 Å². The molecule has 10 heavy (non-hydrogen) atoms. The van der Waals surface area contributed by atoms with Crippen molar-refractivity contribution in [3.8, 4) is 0 Å². The van der Waals surface area contributed by atoms with Crippen LogP contribution in [0, 0.1) is 0 Å². The minimum atomic E-state index is 1.02. The second-order valence-electron chi connectivity index (χ2n) is 1.85. The van der Waals surface area contributed by atoms with Crippen LogP contribution >= 0.6 is 0 Å². The first-order valence-corrected chi connectivity index (χ1v) is 4.85. The Balaban J connectivity index is 2.76. The predicted molar refractivity (Wildman–Crippen MR) is 40.7 cm³/mol. The van der Waals surface area contributed by atoms with E-state index >= 15 is 0 Å². The zero-order valence-corrected chi connectivity index (χ0v) is 8.66. The molecule has 1 rings (SSSR count). The number of aliphatic imine (C=N–C) groups is 1. The Bertz CT molecular complexity index is 228. The van der Waals surface area contributed by atoms with Crippen molar-refractivity contribution >= 4 is 16.5 Å². The van der Waals surface area contributed by atoms with Crippen LogP contribution in [-0.4, -0.2) is 10.8 Å². The summed E-state index contributed by atoms with van der Waals surface area (Å²) < 4.78 is 2.03. The normalized spacial score (nSPS) is 10.2. The van der Waals surface area contributed by atoms with Gasteiger partial charge in [-0.1, -0.05) is 0 Å². The fourth-order valence-corrected chi connectivity index (χ4v) is 0.874. The zero-order valence-electron chi connectivity index (χ0n) is 5.70. The molecule has 0 amide bonds. The number of hydrogen-bond donors (Lipinski definition) is 0. The Morgan fingerprint density at radius 2 is 1.90 bits per heavy atom. The molecule has 0 heterocycles. The average molecular weight is 183 g/mol. The molecule has 0 spiro atoms. The third-order valence-corrected chi connectivity index (χ3v) is 1.53. The minimum absolute atomic E-state index is 1.02. The summed E-state index contributed by atoms with van der Waals surface area (Å²) in [5.41, 5.74) is 1.02. The van der Waals surface area contributed by atoms with Gasteiger partial charge in [-0.15, -0.1) is 0 Å². The molecular weight excluding hydrogens is 175 g/mol. The van der Waals surface area contributed by atoms with Crippen molar-refractivity contribution in [2.75, 3.05) is 0 Å². The van der Waals surface area contributed by atoms with Crippen molar-refractivity contribution in [2.45, 2.75) is 0 Å². The monoisotopic (exact) mass is 181 g/mol. The molecule has 0 aromatic heterocycles. The molecule has 1 aromatic carbocycles. The van der Waals surface area contributed by atoms with Crippen LogP contribution in [0.3, 0.4) is 0 Å². The number of hydrogen-bond acceptors (Lipinski definition) is 1.